The Morgan fingerprint density at radius 1 is 1.31 bits per heavy atom. The Bertz CT molecular complexity index is 1550. The van der Waals surface area contributed by atoms with Crippen LogP contribution in [0.25, 0.3) is 16.7 Å². The standard InChI is InChI=1S/C23H20N6O5S/c1-13-4-3-5-14(8-13)28-21-17(11-24-28)22(31)27-16(12-35-23(27)26-21)10-20(30)25-18-7-6-15(29(32)33)9-19(18)34-2/h3-9,11,16H,10,12H2,1-2H3,(H,25,30). The van der Waals surface area contributed by atoms with Gasteiger partial charge in [-0.2, -0.15) is 5.10 Å². The predicted octanol–water partition coefficient (Wildman–Crippen LogP) is 3.48. The molecule has 1 unspecified atom stereocenters. The van der Waals surface area contributed by atoms with Crippen LogP contribution in [0.1, 0.15) is 18.0 Å². The quantitative estimate of drug-likeness (QED) is 0.246. The summed E-state index contributed by atoms with van der Waals surface area (Å²) in [6.07, 6.45) is 1.53. The summed E-state index contributed by atoms with van der Waals surface area (Å²) in [4.78, 5) is 41.3. The van der Waals surface area contributed by atoms with Crippen molar-refractivity contribution >= 4 is 40.1 Å². The molecule has 0 fully saturated rings. The number of benzene rings is 2. The fourth-order valence-corrected chi connectivity index (χ4v) is 5.17. The Labute approximate surface area is 202 Å². The van der Waals surface area contributed by atoms with Crippen LogP contribution < -0.4 is 15.6 Å². The van der Waals surface area contributed by atoms with E-state index in [0.717, 1.165) is 11.3 Å². The Kier molecular flexibility index (Phi) is 5.73. The summed E-state index contributed by atoms with van der Waals surface area (Å²) in [6, 6.07) is 11.3. The van der Waals surface area contributed by atoms with Gasteiger partial charge in [0.2, 0.25) is 5.91 Å². The lowest BCUT2D eigenvalue weighted by Gasteiger charge is -2.14. The highest BCUT2D eigenvalue weighted by atomic mass is 32.2. The molecule has 4 aromatic rings. The Morgan fingerprint density at radius 2 is 2.14 bits per heavy atom. The van der Waals surface area contributed by atoms with E-state index < -0.39 is 11.0 Å². The first-order valence-electron chi connectivity index (χ1n) is 10.7. The smallest absolute Gasteiger partial charge is 0.273 e. The van der Waals surface area contributed by atoms with Crippen LogP contribution in [0.3, 0.4) is 0 Å². The molecule has 1 aliphatic heterocycles. The molecular weight excluding hydrogens is 472 g/mol. The minimum atomic E-state index is -0.540. The van der Waals surface area contributed by atoms with Crippen molar-refractivity contribution in [3.63, 3.8) is 0 Å². The molecular formula is C23H20N6O5S. The van der Waals surface area contributed by atoms with Crippen LogP contribution in [0, 0.1) is 17.0 Å². The highest BCUT2D eigenvalue weighted by molar-refractivity contribution is 7.99. The normalized spacial score (nSPS) is 14.6. The maximum atomic E-state index is 13.3. The number of ether oxygens (including phenoxy) is 1. The maximum absolute atomic E-state index is 13.3. The first kappa shape index (κ1) is 22.6. The van der Waals surface area contributed by atoms with Crippen LogP contribution in [0.4, 0.5) is 11.4 Å². The van der Waals surface area contributed by atoms with Crippen molar-refractivity contribution in [2.75, 3.05) is 18.2 Å². The van der Waals surface area contributed by atoms with Crippen LogP contribution in [0.5, 0.6) is 5.75 Å². The molecule has 1 amide bonds. The van der Waals surface area contributed by atoms with E-state index in [0.29, 0.717) is 27.6 Å². The molecule has 3 heterocycles. The van der Waals surface area contributed by atoms with Crippen molar-refractivity contribution in [3.05, 3.63) is 74.7 Å². The number of aromatic nitrogens is 4. The number of non-ortho nitro benzene ring substituents is 1. The number of thioether (sulfide) groups is 1. The highest BCUT2D eigenvalue weighted by Crippen LogP contribution is 2.34. The SMILES string of the molecule is COc1cc([N+](=O)[O-])ccc1NC(=O)CC1CSc2nc3c(cnn3-c3cccc(C)c3)c(=O)n21. The summed E-state index contributed by atoms with van der Waals surface area (Å²) in [5, 5.41) is 19.0. The molecule has 1 aliphatic rings. The van der Waals surface area contributed by atoms with Gasteiger partial charge in [0, 0.05) is 18.2 Å². The molecule has 2 aromatic carbocycles. The lowest BCUT2D eigenvalue weighted by molar-refractivity contribution is -0.384. The van der Waals surface area contributed by atoms with Crippen molar-refractivity contribution in [1.29, 1.82) is 0 Å². The molecule has 12 heteroatoms. The number of amides is 1. The number of nitrogens with zero attached hydrogens (tertiary/aromatic N) is 5. The van der Waals surface area contributed by atoms with Crippen LogP contribution >= 0.6 is 11.8 Å². The lowest BCUT2D eigenvalue weighted by Crippen LogP contribution is -2.27. The molecule has 2 aromatic heterocycles. The van der Waals surface area contributed by atoms with Gasteiger partial charge in [0.1, 0.15) is 11.1 Å². The van der Waals surface area contributed by atoms with Gasteiger partial charge in [-0.25, -0.2) is 9.67 Å². The van der Waals surface area contributed by atoms with Gasteiger partial charge in [-0.15, -0.1) is 0 Å². The van der Waals surface area contributed by atoms with Crippen LogP contribution in [0.2, 0.25) is 0 Å². The second-order valence-electron chi connectivity index (χ2n) is 8.06. The number of nitro groups is 1. The topological polar surface area (TPSA) is 134 Å². The van der Waals surface area contributed by atoms with E-state index in [2.05, 4.69) is 15.4 Å². The molecule has 178 valence electrons. The second kappa shape index (κ2) is 8.87. The van der Waals surface area contributed by atoms with Gasteiger partial charge >= 0.3 is 0 Å². The molecule has 1 N–H and O–H groups in total. The summed E-state index contributed by atoms with van der Waals surface area (Å²) in [6.45, 7) is 1.98. The largest absolute Gasteiger partial charge is 0.494 e. The molecule has 0 spiro atoms. The van der Waals surface area contributed by atoms with Crippen molar-refractivity contribution in [3.8, 4) is 11.4 Å². The van der Waals surface area contributed by atoms with E-state index in [1.807, 2.05) is 31.2 Å². The fourth-order valence-electron chi connectivity index (χ4n) is 4.04. The number of rotatable bonds is 6. The Morgan fingerprint density at radius 3 is 2.89 bits per heavy atom. The Hall–Kier alpha value is -4.19. The highest BCUT2D eigenvalue weighted by Gasteiger charge is 2.30. The number of hydrogen-bond acceptors (Lipinski definition) is 8. The zero-order valence-corrected chi connectivity index (χ0v) is 19.6. The zero-order valence-electron chi connectivity index (χ0n) is 18.8. The minimum Gasteiger partial charge on any atom is -0.494 e. The number of methoxy groups -OCH3 is 1. The zero-order chi connectivity index (χ0) is 24.7. The van der Waals surface area contributed by atoms with Crippen LogP contribution in [-0.2, 0) is 4.79 Å². The van der Waals surface area contributed by atoms with E-state index in [1.165, 1.54) is 43.3 Å². The summed E-state index contributed by atoms with van der Waals surface area (Å²) in [7, 11) is 1.37. The van der Waals surface area contributed by atoms with Crippen LogP contribution in [0.15, 0.2) is 58.6 Å². The molecule has 1 atom stereocenters. The number of carbonyl (C=O) groups excluding carboxylic acids is 1. The van der Waals surface area contributed by atoms with Crippen molar-refractivity contribution in [2.24, 2.45) is 0 Å². The molecule has 0 saturated carbocycles. The van der Waals surface area contributed by atoms with Crippen LogP contribution in [-0.4, -0.2) is 43.0 Å². The van der Waals surface area contributed by atoms with Gasteiger partial charge in [0.25, 0.3) is 11.2 Å². The van der Waals surface area contributed by atoms with Gasteiger partial charge in [-0.05, 0) is 30.7 Å². The summed E-state index contributed by atoms with van der Waals surface area (Å²) >= 11 is 1.41. The molecule has 5 rings (SSSR count). The molecule has 0 bridgehead atoms. The summed E-state index contributed by atoms with van der Waals surface area (Å²) in [5.41, 5.74) is 2.27. The average Bonchev–Trinajstić information content (AvgIpc) is 3.44. The number of hydrogen-bond donors (Lipinski definition) is 1. The Balaban J connectivity index is 1.41. The van der Waals surface area contributed by atoms with Gasteiger partial charge in [-0.3, -0.25) is 24.3 Å². The van der Waals surface area contributed by atoms with Gasteiger partial charge in [-0.1, -0.05) is 23.9 Å². The van der Waals surface area contributed by atoms with Crippen molar-refractivity contribution in [2.45, 2.75) is 24.5 Å². The third-order valence-electron chi connectivity index (χ3n) is 5.71. The molecule has 0 saturated heterocycles. The van der Waals surface area contributed by atoms with E-state index >= 15 is 0 Å². The number of fused-ring (bicyclic) bond motifs is 2. The lowest BCUT2D eigenvalue weighted by atomic mass is 10.2. The number of nitrogens with one attached hydrogen (secondary N) is 1. The van der Waals surface area contributed by atoms with Gasteiger partial charge < -0.3 is 10.1 Å². The second-order valence-corrected chi connectivity index (χ2v) is 9.05. The summed E-state index contributed by atoms with van der Waals surface area (Å²) in [5.74, 6) is 0.341. The van der Waals surface area contributed by atoms with E-state index in [1.54, 1.807) is 9.25 Å². The predicted molar refractivity (Wildman–Crippen MR) is 131 cm³/mol. The molecule has 35 heavy (non-hydrogen) atoms. The number of aryl methyl sites for hydroxylation is 1. The fraction of sp³-hybridized carbons (Fsp3) is 0.217. The monoisotopic (exact) mass is 492 g/mol. The molecule has 11 nitrogen and oxygen atoms in total. The van der Waals surface area contributed by atoms with Gasteiger partial charge in [0.15, 0.2) is 10.8 Å². The van der Waals surface area contributed by atoms with Crippen molar-refractivity contribution in [1.82, 2.24) is 19.3 Å². The van der Waals surface area contributed by atoms with E-state index in [4.69, 9.17) is 4.74 Å². The number of nitro benzene ring substituents is 1. The first-order valence-corrected chi connectivity index (χ1v) is 11.7. The third kappa shape index (κ3) is 4.12. The van der Waals surface area contributed by atoms with E-state index in [9.17, 15) is 19.7 Å². The first-order chi connectivity index (χ1) is 16.9. The summed E-state index contributed by atoms with van der Waals surface area (Å²) < 4.78 is 8.37. The van der Waals surface area contributed by atoms with E-state index in [-0.39, 0.29) is 29.3 Å². The number of anilines is 1. The maximum Gasteiger partial charge on any atom is 0.273 e. The number of carbonyl (C=O) groups is 1. The molecule has 0 aliphatic carbocycles. The average molecular weight is 493 g/mol. The minimum absolute atomic E-state index is 0.0270. The third-order valence-corrected chi connectivity index (χ3v) is 6.81. The molecule has 0 radical (unpaired) electrons. The van der Waals surface area contributed by atoms with Gasteiger partial charge in [0.05, 0.1) is 41.7 Å². The van der Waals surface area contributed by atoms with Crippen molar-refractivity contribution < 1.29 is 14.5 Å².